The van der Waals surface area contributed by atoms with Crippen molar-refractivity contribution >= 4 is 28.5 Å². The molecule has 0 aliphatic heterocycles. The summed E-state index contributed by atoms with van der Waals surface area (Å²) in [6, 6.07) is 20.5. The molecule has 7 heteroatoms. The van der Waals surface area contributed by atoms with Crippen molar-refractivity contribution in [2.45, 2.75) is 19.4 Å². The molecule has 3 heterocycles. The summed E-state index contributed by atoms with van der Waals surface area (Å²) >= 11 is 0. The van der Waals surface area contributed by atoms with E-state index in [0.717, 1.165) is 41.5 Å². The van der Waals surface area contributed by atoms with Gasteiger partial charge in [-0.2, -0.15) is 4.98 Å². The first-order valence-electron chi connectivity index (χ1n) is 10.4. The number of carbonyl (C=O) groups excluding carboxylic acids is 1. The highest BCUT2D eigenvalue weighted by molar-refractivity contribution is 5.93. The Morgan fingerprint density at radius 2 is 1.94 bits per heavy atom. The Bertz CT molecular complexity index is 1410. The molecule has 152 valence electrons. The van der Waals surface area contributed by atoms with Crippen LogP contribution in [0.3, 0.4) is 0 Å². The highest BCUT2D eigenvalue weighted by atomic mass is 16.2. The van der Waals surface area contributed by atoms with Crippen molar-refractivity contribution in [1.29, 1.82) is 0 Å². The van der Waals surface area contributed by atoms with Crippen LogP contribution in [0.15, 0.2) is 73.2 Å². The zero-order valence-electron chi connectivity index (χ0n) is 16.8. The van der Waals surface area contributed by atoms with Gasteiger partial charge in [0.15, 0.2) is 5.65 Å². The number of carbonyl (C=O) groups is 1. The average molecular weight is 408 g/mol. The SMILES string of the molecule is O=C(Nc1nc2c(-c3ccc4c(c3)ncn4Cc3ccccc3)cccn2n1)C1CC1. The van der Waals surface area contributed by atoms with Crippen molar-refractivity contribution in [2.24, 2.45) is 5.92 Å². The zero-order chi connectivity index (χ0) is 20.8. The molecule has 31 heavy (non-hydrogen) atoms. The Balaban J connectivity index is 1.35. The molecule has 2 aromatic carbocycles. The van der Waals surface area contributed by atoms with E-state index in [1.54, 1.807) is 4.52 Å². The average Bonchev–Trinajstić information content (AvgIpc) is 3.46. The van der Waals surface area contributed by atoms with Gasteiger partial charge in [-0.15, -0.1) is 5.10 Å². The van der Waals surface area contributed by atoms with E-state index in [0.29, 0.717) is 11.6 Å². The quantitative estimate of drug-likeness (QED) is 0.474. The summed E-state index contributed by atoms with van der Waals surface area (Å²) in [4.78, 5) is 21.3. The molecule has 7 nitrogen and oxygen atoms in total. The number of hydrogen-bond donors (Lipinski definition) is 1. The van der Waals surface area contributed by atoms with Crippen molar-refractivity contribution in [3.8, 4) is 11.1 Å². The van der Waals surface area contributed by atoms with Crippen molar-refractivity contribution < 1.29 is 4.79 Å². The third kappa shape index (κ3) is 3.34. The number of pyridine rings is 1. The molecule has 1 aliphatic rings. The predicted molar refractivity (Wildman–Crippen MR) is 119 cm³/mol. The maximum atomic E-state index is 12.1. The minimum absolute atomic E-state index is 0.00262. The van der Waals surface area contributed by atoms with Gasteiger partial charge in [0.05, 0.1) is 17.4 Å². The van der Waals surface area contributed by atoms with E-state index in [1.165, 1.54) is 5.56 Å². The van der Waals surface area contributed by atoms with Gasteiger partial charge < -0.3 is 4.57 Å². The Morgan fingerprint density at radius 3 is 2.77 bits per heavy atom. The van der Waals surface area contributed by atoms with E-state index in [9.17, 15) is 4.79 Å². The van der Waals surface area contributed by atoms with Crippen LogP contribution in [-0.2, 0) is 11.3 Å². The second-order valence-electron chi connectivity index (χ2n) is 7.95. The lowest BCUT2D eigenvalue weighted by molar-refractivity contribution is -0.117. The van der Waals surface area contributed by atoms with Crippen LogP contribution in [0.25, 0.3) is 27.8 Å². The summed E-state index contributed by atoms with van der Waals surface area (Å²) in [7, 11) is 0. The number of hydrogen-bond acceptors (Lipinski definition) is 4. The fourth-order valence-corrected chi connectivity index (χ4v) is 3.88. The van der Waals surface area contributed by atoms with Gasteiger partial charge in [0, 0.05) is 24.2 Å². The van der Waals surface area contributed by atoms with Crippen molar-refractivity contribution in [2.75, 3.05) is 5.32 Å². The molecular formula is C24H20N6O. The zero-order valence-corrected chi connectivity index (χ0v) is 16.8. The van der Waals surface area contributed by atoms with Crippen molar-refractivity contribution in [3.63, 3.8) is 0 Å². The molecule has 6 rings (SSSR count). The molecule has 1 aliphatic carbocycles. The molecule has 3 aromatic heterocycles. The predicted octanol–water partition coefficient (Wildman–Crippen LogP) is 4.14. The molecule has 5 aromatic rings. The maximum absolute atomic E-state index is 12.1. The van der Waals surface area contributed by atoms with E-state index in [-0.39, 0.29) is 11.8 Å². The second kappa shape index (κ2) is 7.05. The smallest absolute Gasteiger partial charge is 0.249 e. The van der Waals surface area contributed by atoms with Gasteiger partial charge in [0.25, 0.3) is 0 Å². The summed E-state index contributed by atoms with van der Waals surface area (Å²) in [5.74, 6) is 0.458. The lowest BCUT2D eigenvalue weighted by Crippen LogP contribution is -2.14. The van der Waals surface area contributed by atoms with Crippen LogP contribution in [0.4, 0.5) is 5.95 Å². The molecule has 0 atom stereocenters. The van der Waals surface area contributed by atoms with Crippen LogP contribution in [0, 0.1) is 5.92 Å². The van der Waals surface area contributed by atoms with E-state index >= 15 is 0 Å². The third-order valence-corrected chi connectivity index (χ3v) is 5.67. The highest BCUT2D eigenvalue weighted by Gasteiger charge is 2.30. The number of nitrogens with one attached hydrogen (secondary N) is 1. The van der Waals surface area contributed by atoms with Gasteiger partial charge in [-0.1, -0.05) is 36.4 Å². The van der Waals surface area contributed by atoms with E-state index in [4.69, 9.17) is 0 Å². The van der Waals surface area contributed by atoms with Gasteiger partial charge in [-0.05, 0) is 48.2 Å². The topological polar surface area (TPSA) is 77.1 Å². The fourth-order valence-electron chi connectivity index (χ4n) is 3.88. The number of nitrogens with zero attached hydrogens (tertiary/aromatic N) is 5. The molecule has 0 saturated heterocycles. The van der Waals surface area contributed by atoms with Gasteiger partial charge in [-0.3, -0.25) is 10.1 Å². The Hall–Kier alpha value is -4.00. The summed E-state index contributed by atoms with van der Waals surface area (Å²) in [5, 5.41) is 7.25. The third-order valence-electron chi connectivity index (χ3n) is 5.67. The standard InChI is InChI=1S/C24H20N6O/c31-23(17-8-9-17)27-24-26-22-19(7-4-12-30(22)28-24)18-10-11-21-20(13-18)25-15-29(21)14-16-5-2-1-3-6-16/h1-7,10-13,15,17H,8-9,14H2,(H,27,28,31). The summed E-state index contributed by atoms with van der Waals surface area (Å²) in [5.41, 5.74) is 5.91. The van der Waals surface area contributed by atoms with Gasteiger partial charge in [0.1, 0.15) is 0 Å². The Labute approximate surface area is 178 Å². The molecular weight excluding hydrogens is 388 g/mol. The normalized spacial score (nSPS) is 13.7. The number of anilines is 1. The number of aromatic nitrogens is 5. The fraction of sp³-hybridized carbons (Fsp3) is 0.167. The first-order valence-corrected chi connectivity index (χ1v) is 10.4. The molecule has 0 spiro atoms. The first-order chi connectivity index (χ1) is 15.2. The monoisotopic (exact) mass is 408 g/mol. The molecule has 0 unspecified atom stereocenters. The van der Waals surface area contributed by atoms with Crippen LogP contribution in [0.2, 0.25) is 0 Å². The van der Waals surface area contributed by atoms with Crippen LogP contribution < -0.4 is 5.32 Å². The van der Waals surface area contributed by atoms with Crippen LogP contribution in [0.5, 0.6) is 0 Å². The lowest BCUT2D eigenvalue weighted by atomic mass is 10.1. The molecule has 1 N–H and O–H groups in total. The second-order valence-corrected chi connectivity index (χ2v) is 7.95. The maximum Gasteiger partial charge on any atom is 0.249 e. The van der Waals surface area contributed by atoms with Crippen molar-refractivity contribution in [1.82, 2.24) is 24.1 Å². The Morgan fingerprint density at radius 1 is 1.06 bits per heavy atom. The highest BCUT2D eigenvalue weighted by Crippen LogP contribution is 2.31. The van der Waals surface area contributed by atoms with E-state index in [2.05, 4.69) is 55.3 Å². The number of rotatable bonds is 5. The van der Waals surface area contributed by atoms with Crippen molar-refractivity contribution in [3.05, 3.63) is 78.8 Å². The molecule has 0 radical (unpaired) electrons. The summed E-state index contributed by atoms with van der Waals surface area (Å²) in [6.45, 7) is 0.778. The molecule has 1 fully saturated rings. The summed E-state index contributed by atoms with van der Waals surface area (Å²) in [6.07, 6.45) is 5.61. The number of imidazole rings is 1. The number of fused-ring (bicyclic) bond motifs is 2. The van der Waals surface area contributed by atoms with Gasteiger partial charge in [-0.25, -0.2) is 9.50 Å². The van der Waals surface area contributed by atoms with Gasteiger partial charge >= 0.3 is 0 Å². The first kappa shape index (κ1) is 17.8. The largest absolute Gasteiger partial charge is 0.326 e. The van der Waals surface area contributed by atoms with Crippen LogP contribution >= 0.6 is 0 Å². The molecule has 0 bridgehead atoms. The lowest BCUT2D eigenvalue weighted by Gasteiger charge is -2.06. The number of amides is 1. The van der Waals surface area contributed by atoms with E-state index < -0.39 is 0 Å². The van der Waals surface area contributed by atoms with Crippen LogP contribution in [-0.4, -0.2) is 30.1 Å². The summed E-state index contributed by atoms with van der Waals surface area (Å²) < 4.78 is 3.85. The molecule has 1 amide bonds. The van der Waals surface area contributed by atoms with Gasteiger partial charge in [0.2, 0.25) is 11.9 Å². The minimum Gasteiger partial charge on any atom is -0.326 e. The minimum atomic E-state index is 0.00262. The van der Waals surface area contributed by atoms with E-state index in [1.807, 2.05) is 42.9 Å². The Kier molecular flexibility index (Phi) is 4.06. The molecule has 1 saturated carbocycles. The van der Waals surface area contributed by atoms with Crippen LogP contribution in [0.1, 0.15) is 18.4 Å². The number of benzene rings is 2.